The Hall–Kier alpha value is -5.86. The topological polar surface area (TPSA) is 18.1 Å². The molecule has 254 valence electrons. The molecule has 53 heavy (non-hydrogen) atoms. The minimum Gasteiger partial charge on any atom is -0.456 e. The fourth-order valence-electron chi connectivity index (χ4n) is 10.9. The lowest BCUT2D eigenvalue weighted by atomic mass is 9.67. The van der Waals surface area contributed by atoms with Crippen molar-refractivity contribution in [3.63, 3.8) is 0 Å². The highest BCUT2D eigenvalue weighted by Gasteiger charge is 2.46. The van der Waals surface area contributed by atoms with E-state index in [0.29, 0.717) is 0 Å². The van der Waals surface area contributed by atoms with Gasteiger partial charge in [-0.1, -0.05) is 118 Å². The van der Waals surface area contributed by atoms with Gasteiger partial charge in [-0.15, -0.1) is 0 Å². The van der Waals surface area contributed by atoms with Crippen molar-refractivity contribution in [2.45, 2.75) is 56.8 Å². The molecule has 1 fully saturated rings. The monoisotopic (exact) mass is 681 g/mol. The summed E-state index contributed by atoms with van der Waals surface area (Å²) in [6.07, 6.45) is 6.47. The average molecular weight is 682 g/mol. The lowest BCUT2D eigenvalue weighted by Crippen LogP contribution is -2.28. The van der Waals surface area contributed by atoms with E-state index in [1.54, 1.807) is 11.1 Å². The second kappa shape index (κ2) is 10.4. The van der Waals surface area contributed by atoms with Crippen molar-refractivity contribution in [1.29, 1.82) is 0 Å². The zero-order chi connectivity index (χ0) is 35.1. The van der Waals surface area contributed by atoms with Crippen LogP contribution < -0.4 is 0 Å². The maximum atomic E-state index is 6.22. The van der Waals surface area contributed by atoms with Gasteiger partial charge in [-0.3, -0.25) is 0 Å². The number of nitrogens with zero attached hydrogens (tertiary/aromatic N) is 1. The molecule has 1 spiro atoms. The summed E-state index contributed by atoms with van der Waals surface area (Å²) >= 11 is 0. The first-order chi connectivity index (χ1) is 26.0. The van der Waals surface area contributed by atoms with E-state index in [0.717, 1.165) is 27.6 Å². The molecule has 0 unspecified atom stereocenters. The third-order valence-corrected chi connectivity index (χ3v) is 13.4. The first kappa shape index (κ1) is 29.7. The van der Waals surface area contributed by atoms with Crippen LogP contribution in [0, 0.1) is 0 Å². The first-order valence-electron chi connectivity index (χ1n) is 19.4. The Morgan fingerprint density at radius 2 is 1.13 bits per heavy atom. The minimum absolute atomic E-state index is 0.0677. The largest absolute Gasteiger partial charge is 0.456 e. The standard InChI is InChI=1S/C51H39NO/c1-50(2)42-22-19-31(26-38(42)40-30-45-39(29-44(40)50)34-12-4-7-15-43(34)51(45)24-10-3-11-25-51)32-18-21-36-35-13-5-8-16-46(35)52(47(36)27-32)33-20-23-49-41(28-33)37-14-6-9-17-48(37)53-49/h4-9,12-23,26-30H,3,10-11,24-25H2,1-2H3. The van der Waals surface area contributed by atoms with E-state index in [4.69, 9.17) is 4.42 Å². The zero-order valence-electron chi connectivity index (χ0n) is 30.2. The Kier molecular flexibility index (Phi) is 5.82. The van der Waals surface area contributed by atoms with Crippen LogP contribution in [0.25, 0.3) is 82.8 Å². The number of fused-ring (bicyclic) bond motifs is 14. The maximum Gasteiger partial charge on any atom is 0.135 e. The van der Waals surface area contributed by atoms with Crippen molar-refractivity contribution in [1.82, 2.24) is 4.57 Å². The molecule has 2 heteroatoms. The second-order valence-electron chi connectivity index (χ2n) is 16.4. The highest BCUT2D eigenvalue weighted by Crippen LogP contribution is 2.60. The third-order valence-electron chi connectivity index (χ3n) is 13.4. The Labute approximate surface area is 309 Å². The maximum absolute atomic E-state index is 6.22. The SMILES string of the molecule is CC1(C)c2ccc(-c3ccc4c5ccccc5n(-c5ccc6oc7ccccc7c6c5)c4c3)cc2-c2cc3c(cc21)-c1ccccc1C31CCCCC1. The number of hydrogen-bond acceptors (Lipinski definition) is 1. The second-order valence-corrected chi connectivity index (χ2v) is 16.4. The van der Waals surface area contributed by atoms with Crippen LogP contribution in [-0.2, 0) is 10.8 Å². The van der Waals surface area contributed by atoms with Crippen molar-refractivity contribution >= 4 is 43.7 Å². The molecule has 2 aromatic heterocycles. The molecule has 3 aliphatic rings. The Morgan fingerprint density at radius 1 is 0.453 bits per heavy atom. The number of hydrogen-bond donors (Lipinski definition) is 0. The van der Waals surface area contributed by atoms with Gasteiger partial charge in [0.15, 0.2) is 0 Å². The number of furan rings is 1. The van der Waals surface area contributed by atoms with Crippen molar-refractivity contribution < 1.29 is 4.42 Å². The van der Waals surface area contributed by atoms with Crippen LogP contribution in [0.2, 0.25) is 0 Å². The van der Waals surface area contributed by atoms with Crippen LogP contribution in [0.1, 0.15) is 68.2 Å². The van der Waals surface area contributed by atoms with Crippen LogP contribution in [0.5, 0.6) is 0 Å². The molecular formula is C51H39NO. The van der Waals surface area contributed by atoms with E-state index < -0.39 is 0 Å². The Morgan fingerprint density at radius 3 is 2.04 bits per heavy atom. The van der Waals surface area contributed by atoms with Crippen LogP contribution in [0.3, 0.4) is 0 Å². The molecule has 0 bridgehead atoms. The molecule has 0 saturated heterocycles. The van der Waals surface area contributed by atoms with Gasteiger partial charge in [-0.05, 0) is 123 Å². The summed E-state index contributed by atoms with van der Waals surface area (Å²) in [5, 5.41) is 4.82. The molecule has 1 saturated carbocycles. The summed E-state index contributed by atoms with van der Waals surface area (Å²) in [4.78, 5) is 0. The molecule has 12 rings (SSSR count). The summed E-state index contributed by atoms with van der Waals surface area (Å²) in [5.41, 5.74) is 19.8. The summed E-state index contributed by atoms with van der Waals surface area (Å²) in [6.45, 7) is 4.84. The lowest BCUT2D eigenvalue weighted by Gasteiger charge is -2.36. The van der Waals surface area contributed by atoms with Crippen LogP contribution in [0.15, 0.2) is 144 Å². The highest BCUT2D eigenvalue weighted by atomic mass is 16.3. The van der Waals surface area contributed by atoms with E-state index in [1.165, 1.54) is 98.4 Å². The van der Waals surface area contributed by atoms with Gasteiger partial charge in [-0.2, -0.15) is 0 Å². The molecule has 0 aliphatic heterocycles. The van der Waals surface area contributed by atoms with Gasteiger partial charge < -0.3 is 8.98 Å². The van der Waals surface area contributed by atoms with Gasteiger partial charge in [0.05, 0.1) is 11.0 Å². The van der Waals surface area contributed by atoms with Gasteiger partial charge in [-0.25, -0.2) is 0 Å². The van der Waals surface area contributed by atoms with E-state index in [-0.39, 0.29) is 10.8 Å². The summed E-state index contributed by atoms with van der Waals surface area (Å²) in [6, 6.07) is 52.6. The lowest BCUT2D eigenvalue weighted by molar-refractivity contribution is 0.353. The van der Waals surface area contributed by atoms with E-state index in [1.807, 2.05) is 6.07 Å². The third kappa shape index (κ3) is 3.88. The number of benzene rings is 7. The van der Waals surface area contributed by atoms with Crippen molar-refractivity contribution in [2.24, 2.45) is 0 Å². The number of rotatable bonds is 2. The quantitative estimate of drug-likeness (QED) is 0.178. The average Bonchev–Trinajstić information content (AvgIpc) is 3.88. The molecule has 3 aliphatic carbocycles. The smallest absolute Gasteiger partial charge is 0.135 e. The van der Waals surface area contributed by atoms with Gasteiger partial charge in [0.25, 0.3) is 0 Å². The molecule has 0 atom stereocenters. The molecule has 2 nitrogen and oxygen atoms in total. The summed E-state index contributed by atoms with van der Waals surface area (Å²) in [5.74, 6) is 0. The number of para-hydroxylation sites is 2. The van der Waals surface area contributed by atoms with Crippen LogP contribution in [-0.4, -0.2) is 4.57 Å². The van der Waals surface area contributed by atoms with Gasteiger partial charge in [0.1, 0.15) is 11.2 Å². The summed E-state index contributed by atoms with van der Waals surface area (Å²) in [7, 11) is 0. The minimum atomic E-state index is -0.0677. The van der Waals surface area contributed by atoms with Crippen LogP contribution >= 0.6 is 0 Å². The molecule has 7 aromatic carbocycles. The van der Waals surface area contributed by atoms with E-state index in [2.05, 4.69) is 152 Å². The van der Waals surface area contributed by atoms with Gasteiger partial charge in [0.2, 0.25) is 0 Å². The van der Waals surface area contributed by atoms with Crippen molar-refractivity contribution in [3.05, 3.63) is 162 Å². The molecule has 2 heterocycles. The predicted molar refractivity (Wildman–Crippen MR) is 220 cm³/mol. The number of aromatic nitrogens is 1. The van der Waals surface area contributed by atoms with Crippen LogP contribution in [0.4, 0.5) is 0 Å². The molecular weight excluding hydrogens is 643 g/mol. The first-order valence-corrected chi connectivity index (χ1v) is 19.4. The Balaban J connectivity index is 1.04. The zero-order valence-corrected chi connectivity index (χ0v) is 30.2. The van der Waals surface area contributed by atoms with Gasteiger partial charge in [0, 0.05) is 38.1 Å². The van der Waals surface area contributed by atoms with Gasteiger partial charge >= 0.3 is 0 Å². The normalized spacial score (nSPS) is 16.4. The fourth-order valence-corrected chi connectivity index (χ4v) is 10.9. The molecule has 0 N–H and O–H groups in total. The molecule has 9 aromatic rings. The van der Waals surface area contributed by atoms with Crippen molar-refractivity contribution in [3.8, 4) is 39.1 Å². The van der Waals surface area contributed by atoms with Crippen molar-refractivity contribution in [2.75, 3.05) is 0 Å². The van der Waals surface area contributed by atoms with E-state index >= 15 is 0 Å². The predicted octanol–water partition coefficient (Wildman–Crippen LogP) is 13.9. The van der Waals surface area contributed by atoms with E-state index in [9.17, 15) is 0 Å². The Bertz CT molecular complexity index is 3020. The highest BCUT2D eigenvalue weighted by molar-refractivity contribution is 6.11. The fraction of sp³-hybridized carbons (Fsp3) is 0.176. The molecule has 0 amide bonds. The molecule has 0 radical (unpaired) electrons. The summed E-state index contributed by atoms with van der Waals surface area (Å²) < 4.78 is 8.65.